The maximum absolute atomic E-state index is 13.1. The van der Waals surface area contributed by atoms with E-state index in [0.717, 1.165) is 31.6 Å². The number of quaternary nitrogens is 1. The van der Waals surface area contributed by atoms with Crippen LogP contribution in [-0.2, 0) is 22.5 Å². The molecule has 0 spiro atoms. The highest BCUT2D eigenvalue weighted by atomic mass is 16.5. The van der Waals surface area contributed by atoms with Gasteiger partial charge in [0.15, 0.2) is 6.04 Å². The van der Waals surface area contributed by atoms with E-state index in [1.165, 1.54) is 81.8 Å². The van der Waals surface area contributed by atoms with Crippen molar-refractivity contribution in [2.45, 2.75) is 123 Å². The second-order valence-corrected chi connectivity index (χ2v) is 12.0. The molecule has 0 saturated carbocycles. The Balaban J connectivity index is 1.65. The smallest absolute Gasteiger partial charge is 0.364 e. The predicted octanol–water partition coefficient (Wildman–Crippen LogP) is 9.30. The number of benzene rings is 2. The lowest BCUT2D eigenvalue weighted by atomic mass is 10.0. The van der Waals surface area contributed by atoms with Crippen molar-refractivity contribution in [3.05, 3.63) is 65.7 Å². The van der Waals surface area contributed by atoms with Gasteiger partial charge in [0.1, 0.15) is 12.3 Å². The molecule has 0 aromatic heterocycles. The highest BCUT2D eigenvalue weighted by Gasteiger charge is 2.35. The number of carbonyl (C=O) groups is 1. The molecule has 0 fully saturated rings. The first-order valence-electron chi connectivity index (χ1n) is 16.2. The fraction of sp³-hybridized carbons (Fsp3) is 0.639. The first-order chi connectivity index (χ1) is 19.5. The summed E-state index contributed by atoms with van der Waals surface area (Å²) in [5, 5.41) is 0. The van der Waals surface area contributed by atoms with Gasteiger partial charge in [0, 0.05) is 18.4 Å². The third-order valence-corrected chi connectivity index (χ3v) is 7.92. The second-order valence-electron chi connectivity index (χ2n) is 12.0. The number of likely N-dealkylation sites (N-methyl/N-ethyl adjacent to an activating group) is 1. The van der Waals surface area contributed by atoms with Gasteiger partial charge >= 0.3 is 5.97 Å². The van der Waals surface area contributed by atoms with Gasteiger partial charge in [0.25, 0.3) is 0 Å². The van der Waals surface area contributed by atoms with Crippen molar-refractivity contribution < 1.29 is 18.8 Å². The number of hydrogen-bond acceptors (Lipinski definition) is 3. The van der Waals surface area contributed by atoms with Gasteiger partial charge in [-0.25, -0.2) is 4.79 Å². The highest BCUT2D eigenvalue weighted by molar-refractivity contribution is 5.74. The number of nitrogens with zero attached hydrogens (tertiary/aromatic N) is 1. The van der Waals surface area contributed by atoms with Crippen LogP contribution in [0.1, 0.15) is 115 Å². The van der Waals surface area contributed by atoms with E-state index < -0.39 is 0 Å². The topological polar surface area (TPSA) is 35.5 Å². The molecule has 2 aromatic carbocycles. The van der Waals surface area contributed by atoms with Gasteiger partial charge in [0.05, 0.1) is 27.3 Å². The second kappa shape index (κ2) is 20.5. The molecular formula is C36H58NO3+. The maximum atomic E-state index is 13.1. The number of unbranched alkanes of at least 4 members (excludes halogenated alkanes) is 10. The number of rotatable bonds is 23. The maximum Gasteiger partial charge on any atom is 0.364 e. The predicted molar refractivity (Wildman–Crippen MR) is 169 cm³/mol. The van der Waals surface area contributed by atoms with Crippen LogP contribution >= 0.6 is 0 Å². The minimum atomic E-state index is -0.169. The fourth-order valence-corrected chi connectivity index (χ4v) is 5.53. The Morgan fingerprint density at radius 3 is 1.95 bits per heavy atom. The molecule has 0 radical (unpaired) electrons. The fourth-order valence-electron chi connectivity index (χ4n) is 5.53. The van der Waals surface area contributed by atoms with Gasteiger partial charge < -0.3 is 14.0 Å². The Morgan fingerprint density at radius 2 is 1.30 bits per heavy atom. The van der Waals surface area contributed by atoms with E-state index in [1.807, 2.05) is 12.1 Å². The minimum absolute atomic E-state index is 0.0975. The summed E-state index contributed by atoms with van der Waals surface area (Å²) in [5.74, 6) is 0.880. The number of carbonyl (C=O) groups excluding carboxylic acids is 1. The molecule has 4 heteroatoms. The summed E-state index contributed by atoms with van der Waals surface area (Å²) in [7, 11) is 4.26. The first kappa shape index (κ1) is 33.9. The lowest BCUT2D eigenvalue weighted by Gasteiger charge is -2.36. The number of hydrogen-bond donors (Lipinski definition) is 0. The van der Waals surface area contributed by atoms with E-state index in [0.29, 0.717) is 24.1 Å². The van der Waals surface area contributed by atoms with E-state index in [1.54, 1.807) is 0 Å². The quantitative estimate of drug-likeness (QED) is 0.0783. The summed E-state index contributed by atoms with van der Waals surface area (Å²) in [5.41, 5.74) is 2.53. The van der Waals surface area contributed by atoms with Crippen LogP contribution < -0.4 is 4.74 Å². The summed E-state index contributed by atoms with van der Waals surface area (Å²) in [6.45, 7) is 6.17. The molecule has 4 nitrogen and oxygen atoms in total. The van der Waals surface area contributed by atoms with E-state index in [9.17, 15) is 4.79 Å². The zero-order valence-electron chi connectivity index (χ0n) is 26.2. The van der Waals surface area contributed by atoms with Crippen LogP contribution in [0.4, 0.5) is 0 Å². The lowest BCUT2D eigenvalue weighted by molar-refractivity contribution is -0.920. The number of aryl methyl sites for hydroxylation is 1. The van der Waals surface area contributed by atoms with Gasteiger partial charge in [-0.3, -0.25) is 0 Å². The molecule has 2 rings (SSSR count). The molecule has 1 unspecified atom stereocenters. The third-order valence-electron chi connectivity index (χ3n) is 7.92. The molecule has 0 bridgehead atoms. The SMILES string of the molecule is CCCCCCCCCCCCCc1ccccc1OCCCOC(=O)C(CCC)[N+](C)(C)Cc1ccccc1. The molecule has 224 valence electrons. The van der Waals surface area contributed by atoms with E-state index in [4.69, 9.17) is 9.47 Å². The Labute approximate surface area is 246 Å². The average molecular weight is 553 g/mol. The standard InChI is InChI=1S/C36H58NO3/c1-5-7-8-9-10-11-12-13-14-15-19-26-33-27-20-21-28-35(33)39-29-22-30-40-36(38)34(23-6-2)37(3,4)31-32-24-17-16-18-25-32/h16-18,20-21,24-25,27-28,34H,5-15,19,22-23,26,29-31H2,1-4H3/q+1. The van der Waals surface area contributed by atoms with Crippen LogP contribution in [-0.4, -0.2) is 43.8 Å². The number of ether oxygens (including phenoxy) is 2. The van der Waals surface area contributed by atoms with E-state index >= 15 is 0 Å². The Morgan fingerprint density at radius 1 is 0.700 bits per heavy atom. The van der Waals surface area contributed by atoms with Crippen molar-refractivity contribution in [1.82, 2.24) is 0 Å². The number of para-hydroxylation sites is 1. The Kier molecular flexibility index (Phi) is 17.4. The summed E-state index contributed by atoms with van der Waals surface area (Å²) in [6.07, 6.45) is 18.5. The normalized spacial score (nSPS) is 12.3. The van der Waals surface area contributed by atoms with Gasteiger partial charge in [-0.05, 0) is 30.9 Å². The minimum Gasteiger partial charge on any atom is -0.493 e. The molecule has 2 aromatic rings. The van der Waals surface area contributed by atoms with Crippen molar-refractivity contribution in [3.8, 4) is 5.75 Å². The summed E-state index contributed by atoms with van der Waals surface area (Å²) >= 11 is 0. The van der Waals surface area contributed by atoms with Crippen LogP contribution in [0.3, 0.4) is 0 Å². The first-order valence-corrected chi connectivity index (χ1v) is 16.2. The van der Waals surface area contributed by atoms with Crippen LogP contribution in [0, 0.1) is 0 Å². The monoisotopic (exact) mass is 552 g/mol. The largest absolute Gasteiger partial charge is 0.493 e. The van der Waals surface area contributed by atoms with E-state index in [-0.39, 0.29) is 12.0 Å². The van der Waals surface area contributed by atoms with Crippen molar-refractivity contribution in [1.29, 1.82) is 0 Å². The Hall–Kier alpha value is -2.33. The molecule has 0 aliphatic carbocycles. The lowest BCUT2D eigenvalue weighted by Crippen LogP contribution is -2.52. The molecule has 1 atom stereocenters. The van der Waals surface area contributed by atoms with Crippen LogP contribution in [0.25, 0.3) is 0 Å². The summed E-state index contributed by atoms with van der Waals surface area (Å²) in [6, 6.07) is 18.6. The zero-order chi connectivity index (χ0) is 28.9. The molecule has 0 saturated heterocycles. The summed E-state index contributed by atoms with van der Waals surface area (Å²) in [4.78, 5) is 13.1. The van der Waals surface area contributed by atoms with Gasteiger partial charge in [0.2, 0.25) is 0 Å². The van der Waals surface area contributed by atoms with Crippen molar-refractivity contribution in [2.75, 3.05) is 27.3 Å². The zero-order valence-corrected chi connectivity index (χ0v) is 26.2. The third kappa shape index (κ3) is 13.8. The van der Waals surface area contributed by atoms with Gasteiger partial charge in [-0.15, -0.1) is 0 Å². The van der Waals surface area contributed by atoms with Crippen molar-refractivity contribution >= 4 is 5.97 Å². The molecule has 0 heterocycles. The summed E-state index contributed by atoms with van der Waals surface area (Å²) < 4.78 is 12.5. The molecule has 0 aliphatic rings. The highest BCUT2D eigenvalue weighted by Crippen LogP contribution is 2.22. The molecule has 0 N–H and O–H groups in total. The van der Waals surface area contributed by atoms with Crippen LogP contribution in [0.2, 0.25) is 0 Å². The molecule has 40 heavy (non-hydrogen) atoms. The molecule has 0 aliphatic heterocycles. The van der Waals surface area contributed by atoms with Crippen LogP contribution in [0.5, 0.6) is 5.75 Å². The van der Waals surface area contributed by atoms with Crippen molar-refractivity contribution in [2.24, 2.45) is 0 Å². The van der Waals surface area contributed by atoms with Crippen LogP contribution in [0.15, 0.2) is 54.6 Å². The van der Waals surface area contributed by atoms with E-state index in [2.05, 4.69) is 70.4 Å². The number of esters is 1. The average Bonchev–Trinajstić information content (AvgIpc) is 2.95. The van der Waals surface area contributed by atoms with Gasteiger partial charge in [-0.1, -0.05) is 127 Å². The van der Waals surface area contributed by atoms with Gasteiger partial charge in [-0.2, -0.15) is 0 Å². The molecular weight excluding hydrogens is 494 g/mol. The Bertz CT molecular complexity index is 911. The van der Waals surface area contributed by atoms with Crippen molar-refractivity contribution in [3.63, 3.8) is 0 Å². The molecule has 0 amide bonds.